The average molecular weight is 347 g/mol. The molecule has 7 heteroatoms. The van der Waals surface area contributed by atoms with Crippen molar-refractivity contribution in [2.75, 3.05) is 19.6 Å². The van der Waals surface area contributed by atoms with E-state index >= 15 is 0 Å². The lowest BCUT2D eigenvalue weighted by molar-refractivity contribution is 0.0819. The molecule has 1 aliphatic rings. The number of carbonyl (C=O) groups is 1. The zero-order valence-corrected chi connectivity index (χ0v) is 14.5. The number of ketones is 1. The van der Waals surface area contributed by atoms with Crippen molar-refractivity contribution in [3.63, 3.8) is 0 Å². The minimum atomic E-state index is -0.372. The number of aromatic nitrogens is 2. The first-order valence-electron chi connectivity index (χ1n) is 8.15. The van der Waals surface area contributed by atoms with Crippen molar-refractivity contribution >= 4 is 17.1 Å². The summed E-state index contributed by atoms with van der Waals surface area (Å²) in [5.41, 5.74) is -0.0801. The summed E-state index contributed by atoms with van der Waals surface area (Å²) in [5, 5.41) is 1.92. The first kappa shape index (κ1) is 16.9. The zero-order chi connectivity index (χ0) is 17.1. The van der Waals surface area contributed by atoms with Gasteiger partial charge in [0.05, 0.1) is 4.88 Å². The number of hydrogen-bond donors (Lipinski definition) is 1. The highest BCUT2D eigenvalue weighted by atomic mass is 32.1. The number of H-pyrrole nitrogens is 1. The van der Waals surface area contributed by atoms with Crippen molar-refractivity contribution in [3.8, 4) is 0 Å². The molecular formula is C17H21N3O3S. The van der Waals surface area contributed by atoms with E-state index < -0.39 is 0 Å². The maximum absolute atomic E-state index is 12.5. The van der Waals surface area contributed by atoms with Crippen LogP contribution >= 0.6 is 11.3 Å². The van der Waals surface area contributed by atoms with Gasteiger partial charge in [-0.3, -0.25) is 14.2 Å². The molecule has 1 atom stereocenters. The molecule has 1 fully saturated rings. The Labute approximate surface area is 143 Å². The van der Waals surface area contributed by atoms with Crippen LogP contribution in [0.1, 0.15) is 28.2 Å². The molecule has 1 unspecified atom stereocenters. The summed E-state index contributed by atoms with van der Waals surface area (Å²) >= 11 is 1.48. The summed E-state index contributed by atoms with van der Waals surface area (Å²) in [7, 11) is 0. The summed E-state index contributed by atoms with van der Waals surface area (Å²) in [4.78, 5) is 42.0. The van der Waals surface area contributed by atoms with Crippen LogP contribution < -0.4 is 11.2 Å². The minimum Gasteiger partial charge on any atom is -0.311 e. The van der Waals surface area contributed by atoms with Crippen LogP contribution in [-0.4, -0.2) is 39.9 Å². The first-order chi connectivity index (χ1) is 11.5. The molecule has 0 spiro atoms. The number of aromatic amines is 1. The van der Waals surface area contributed by atoms with Crippen LogP contribution in [0, 0.1) is 12.8 Å². The molecule has 0 radical (unpaired) electrons. The second-order valence-corrected chi connectivity index (χ2v) is 7.18. The molecule has 1 saturated heterocycles. The van der Waals surface area contributed by atoms with Crippen molar-refractivity contribution in [3.05, 3.63) is 55.0 Å². The number of likely N-dealkylation sites (tertiary alicyclic amines) is 1. The Kier molecular flexibility index (Phi) is 5.11. The number of thiophene rings is 1. The number of carbonyl (C=O) groups excluding carboxylic acids is 1. The fraction of sp³-hybridized carbons (Fsp3) is 0.471. The first-order valence-corrected chi connectivity index (χ1v) is 9.03. The van der Waals surface area contributed by atoms with Crippen LogP contribution in [0.25, 0.3) is 0 Å². The summed E-state index contributed by atoms with van der Waals surface area (Å²) in [6, 6.07) is 5.20. The van der Waals surface area contributed by atoms with Gasteiger partial charge in [0.15, 0.2) is 5.78 Å². The fourth-order valence-corrected chi connectivity index (χ4v) is 3.92. The van der Waals surface area contributed by atoms with E-state index in [1.165, 1.54) is 22.0 Å². The number of hydrogen-bond acceptors (Lipinski definition) is 5. The molecular weight excluding hydrogens is 326 g/mol. The zero-order valence-electron chi connectivity index (χ0n) is 13.7. The Morgan fingerprint density at radius 3 is 2.92 bits per heavy atom. The van der Waals surface area contributed by atoms with Gasteiger partial charge in [-0.15, -0.1) is 11.3 Å². The van der Waals surface area contributed by atoms with Crippen LogP contribution in [0.15, 0.2) is 33.2 Å². The molecule has 0 aliphatic carbocycles. The van der Waals surface area contributed by atoms with Crippen molar-refractivity contribution in [1.29, 1.82) is 0 Å². The molecule has 1 N–H and O–H groups in total. The molecule has 2 aromatic rings. The second kappa shape index (κ2) is 7.27. The molecule has 2 aromatic heterocycles. The molecule has 0 saturated carbocycles. The number of aryl methyl sites for hydroxylation is 1. The Hall–Kier alpha value is -1.99. The minimum absolute atomic E-state index is 0.00502. The molecule has 0 bridgehead atoms. The second-order valence-electron chi connectivity index (χ2n) is 6.23. The monoisotopic (exact) mass is 347 g/mol. The lowest BCUT2D eigenvalue weighted by Gasteiger charge is -2.31. The average Bonchev–Trinajstić information content (AvgIpc) is 3.08. The standard InChI is InChI=1S/C17H21N3O3S/c1-12-10-15(21)20(17(23)18-12)8-7-19-6-2-4-13(11-19)16(22)14-5-3-9-24-14/h3,5,9-10,13H,2,4,6-8,11H2,1H3,(H,18,23). The van der Waals surface area contributed by atoms with Gasteiger partial charge in [0, 0.05) is 37.3 Å². The van der Waals surface area contributed by atoms with Crippen molar-refractivity contribution in [2.45, 2.75) is 26.3 Å². The number of nitrogens with one attached hydrogen (secondary N) is 1. The van der Waals surface area contributed by atoms with E-state index in [0.29, 0.717) is 25.3 Å². The van der Waals surface area contributed by atoms with Crippen molar-refractivity contribution in [1.82, 2.24) is 14.5 Å². The lowest BCUT2D eigenvalue weighted by Crippen LogP contribution is -2.43. The van der Waals surface area contributed by atoms with Crippen LogP contribution in [0.5, 0.6) is 0 Å². The van der Waals surface area contributed by atoms with E-state index in [-0.39, 0.29) is 23.0 Å². The molecule has 6 nitrogen and oxygen atoms in total. The van der Waals surface area contributed by atoms with Gasteiger partial charge in [0.2, 0.25) is 0 Å². The maximum Gasteiger partial charge on any atom is 0.328 e. The van der Waals surface area contributed by atoms with Crippen LogP contribution in [0.2, 0.25) is 0 Å². The highest BCUT2D eigenvalue weighted by molar-refractivity contribution is 7.12. The van der Waals surface area contributed by atoms with Crippen molar-refractivity contribution < 1.29 is 4.79 Å². The highest BCUT2D eigenvalue weighted by Crippen LogP contribution is 2.23. The van der Waals surface area contributed by atoms with Gasteiger partial charge in [-0.2, -0.15) is 0 Å². The number of rotatable bonds is 5. The van der Waals surface area contributed by atoms with E-state index in [4.69, 9.17) is 0 Å². The molecule has 128 valence electrons. The van der Waals surface area contributed by atoms with Gasteiger partial charge in [0.25, 0.3) is 5.56 Å². The maximum atomic E-state index is 12.5. The van der Waals surface area contributed by atoms with Crippen molar-refractivity contribution in [2.24, 2.45) is 5.92 Å². The quantitative estimate of drug-likeness (QED) is 0.832. The predicted octanol–water partition coefficient (Wildman–Crippen LogP) is 1.50. The topological polar surface area (TPSA) is 75.2 Å². The van der Waals surface area contributed by atoms with Gasteiger partial charge >= 0.3 is 5.69 Å². The Bertz CT molecular complexity index is 791. The van der Waals surface area contributed by atoms with E-state index in [0.717, 1.165) is 24.3 Å². The smallest absolute Gasteiger partial charge is 0.311 e. The fourth-order valence-electron chi connectivity index (χ4n) is 3.18. The number of nitrogens with zero attached hydrogens (tertiary/aromatic N) is 2. The van der Waals surface area contributed by atoms with Crippen LogP contribution in [0.3, 0.4) is 0 Å². The van der Waals surface area contributed by atoms with Gasteiger partial charge in [-0.1, -0.05) is 6.07 Å². The summed E-state index contributed by atoms with van der Waals surface area (Å²) in [6.45, 7) is 4.22. The summed E-state index contributed by atoms with van der Waals surface area (Å²) < 4.78 is 1.22. The Morgan fingerprint density at radius 1 is 1.38 bits per heavy atom. The lowest BCUT2D eigenvalue weighted by atomic mass is 9.93. The van der Waals surface area contributed by atoms with Gasteiger partial charge in [0.1, 0.15) is 0 Å². The predicted molar refractivity (Wildman–Crippen MR) is 93.9 cm³/mol. The SMILES string of the molecule is Cc1cc(=O)n(CCN2CCCC(C(=O)c3cccs3)C2)c(=O)[nH]1. The molecule has 0 amide bonds. The summed E-state index contributed by atoms with van der Waals surface area (Å²) in [5.74, 6) is 0.213. The van der Waals surface area contributed by atoms with Gasteiger partial charge < -0.3 is 9.88 Å². The van der Waals surface area contributed by atoms with Crippen LogP contribution in [0.4, 0.5) is 0 Å². The van der Waals surface area contributed by atoms with Crippen LogP contribution in [-0.2, 0) is 6.54 Å². The molecule has 3 heterocycles. The molecule has 3 rings (SSSR count). The largest absolute Gasteiger partial charge is 0.328 e. The third-order valence-electron chi connectivity index (χ3n) is 4.44. The number of piperidine rings is 1. The third kappa shape index (κ3) is 3.73. The normalized spacial score (nSPS) is 18.6. The molecule has 0 aromatic carbocycles. The third-order valence-corrected chi connectivity index (χ3v) is 5.32. The Morgan fingerprint density at radius 2 is 2.21 bits per heavy atom. The highest BCUT2D eigenvalue weighted by Gasteiger charge is 2.27. The van der Waals surface area contributed by atoms with Gasteiger partial charge in [-0.05, 0) is 37.8 Å². The molecule has 1 aliphatic heterocycles. The summed E-state index contributed by atoms with van der Waals surface area (Å²) in [6.07, 6.45) is 1.86. The van der Waals surface area contributed by atoms with E-state index in [9.17, 15) is 14.4 Å². The Balaban J connectivity index is 1.63. The molecule has 24 heavy (non-hydrogen) atoms. The number of Topliss-reactive ketones (excluding diaryl/α,β-unsaturated/α-hetero) is 1. The van der Waals surface area contributed by atoms with Gasteiger partial charge in [-0.25, -0.2) is 4.79 Å². The van der Waals surface area contributed by atoms with E-state index in [1.807, 2.05) is 17.5 Å². The van der Waals surface area contributed by atoms with E-state index in [1.54, 1.807) is 6.92 Å². The van der Waals surface area contributed by atoms with E-state index in [2.05, 4.69) is 9.88 Å².